The van der Waals surface area contributed by atoms with E-state index >= 15 is 0 Å². The summed E-state index contributed by atoms with van der Waals surface area (Å²) in [5, 5.41) is 11.8. The average Bonchev–Trinajstić information content (AvgIpc) is 3.19. The Morgan fingerprint density at radius 2 is 1.88 bits per heavy atom. The first-order valence-electron chi connectivity index (χ1n) is 8.52. The number of aromatic nitrogens is 4. The molecule has 0 aliphatic carbocycles. The van der Waals surface area contributed by atoms with Gasteiger partial charge in [-0.3, -0.25) is 9.48 Å². The Kier molecular flexibility index (Phi) is 4.97. The summed E-state index contributed by atoms with van der Waals surface area (Å²) in [6, 6.07) is 11.7. The second-order valence-electron chi connectivity index (χ2n) is 6.04. The SMILES string of the molecule is CCCn1ccc(C(=O)NCc2c(C)nn(-c3ccccc3)c2C)n1. The molecule has 0 spiro atoms. The van der Waals surface area contributed by atoms with Crippen LogP contribution in [0.4, 0.5) is 0 Å². The number of carbonyl (C=O) groups excluding carboxylic acids is 1. The molecule has 0 atom stereocenters. The molecule has 0 aliphatic rings. The Hall–Kier alpha value is -2.89. The highest BCUT2D eigenvalue weighted by atomic mass is 16.1. The Balaban J connectivity index is 1.73. The lowest BCUT2D eigenvalue weighted by atomic mass is 10.2. The highest BCUT2D eigenvalue weighted by Crippen LogP contribution is 2.17. The maximum absolute atomic E-state index is 12.3. The summed E-state index contributed by atoms with van der Waals surface area (Å²) in [5.41, 5.74) is 4.43. The number of rotatable bonds is 6. The molecule has 1 aromatic carbocycles. The van der Waals surface area contributed by atoms with E-state index in [4.69, 9.17) is 0 Å². The lowest BCUT2D eigenvalue weighted by molar-refractivity contribution is 0.0945. The summed E-state index contributed by atoms with van der Waals surface area (Å²) in [4.78, 5) is 12.3. The molecular formula is C19H23N5O. The minimum Gasteiger partial charge on any atom is -0.346 e. The minimum atomic E-state index is -0.166. The lowest BCUT2D eigenvalue weighted by Crippen LogP contribution is -2.24. The monoisotopic (exact) mass is 337 g/mol. The van der Waals surface area contributed by atoms with Crippen LogP contribution in [0.5, 0.6) is 0 Å². The van der Waals surface area contributed by atoms with Gasteiger partial charge in [0, 0.05) is 30.5 Å². The van der Waals surface area contributed by atoms with Crippen molar-refractivity contribution in [2.24, 2.45) is 0 Å². The van der Waals surface area contributed by atoms with Crippen molar-refractivity contribution in [3.05, 3.63) is 65.2 Å². The molecule has 0 bridgehead atoms. The predicted molar refractivity (Wildman–Crippen MR) is 96.7 cm³/mol. The third kappa shape index (κ3) is 3.63. The summed E-state index contributed by atoms with van der Waals surface area (Å²) < 4.78 is 3.70. The lowest BCUT2D eigenvalue weighted by Gasteiger charge is -2.06. The van der Waals surface area contributed by atoms with Crippen LogP contribution >= 0.6 is 0 Å². The second-order valence-corrected chi connectivity index (χ2v) is 6.04. The van der Waals surface area contributed by atoms with Crippen molar-refractivity contribution in [2.45, 2.75) is 40.3 Å². The van der Waals surface area contributed by atoms with E-state index in [1.165, 1.54) is 0 Å². The molecule has 25 heavy (non-hydrogen) atoms. The number of hydrogen-bond acceptors (Lipinski definition) is 3. The summed E-state index contributed by atoms with van der Waals surface area (Å²) in [6.07, 6.45) is 2.82. The molecule has 0 radical (unpaired) electrons. The number of hydrogen-bond donors (Lipinski definition) is 1. The zero-order valence-electron chi connectivity index (χ0n) is 14.9. The van der Waals surface area contributed by atoms with Gasteiger partial charge in [-0.15, -0.1) is 0 Å². The molecule has 3 aromatic rings. The fourth-order valence-electron chi connectivity index (χ4n) is 2.85. The fourth-order valence-corrected chi connectivity index (χ4v) is 2.85. The van der Waals surface area contributed by atoms with Crippen molar-refractivity contribution in [1.82, 2.24) is 24.9 Å². The topological polar surface area (TPSA) is 64.7 Å². The quantitative estimate of drug-likeness (QED) is 0.752. The number of nitrogens with zero attached hydrogens (tertiary/aromatic N) is 4. The third-order valence-corrected chi connectivity index (χ3v) is 4.19. The van der Waals surface area contributed by atoms with E-state index in [0.717, 1.165) is 35.6 Å². The fraction of sp³-hybridized carbons (Fsp3) is 0.316. The largest absolute Gasteiger partial charge is 0.346 e. The van der Waals surface area contributed by atoms with Gasteiger partial charge < -0.3 is 5.32 Å². The summed E-state index contributed by atoms with van der Waals surface area (Å²) in [6.45, 7) is 7.31. The molecule has 0 saturated heterocycles. The van der Waals surface area contributed by atoms with Gasteiger partial charge in [0.1, 0.15) is 5.69 Å². The molecule has 2 heterocycles. The van der Waals surface area contributed by atoms with E-state index in [2.05, 4.69) is 22.4 Å². The standard InChI is InChI=1S/C19H23N5O/c1-4-11-23-12-10-18(22-23)19(25)20-13-17-14(2)21-24(15(17)3)16-8-6-5-7-9-16/h5-10,12H,4,11,13H2,1-3H3,(H,20,25). The van der Waals surface area contributed by atoms with Gasteiger partial charge in [0.15, 0.2) is 0 Å². The Morgan fingerprint density at radius 1 is 1.12 bits per heavy atom. The van der Waals surface area contributed by atoms with Crippen molar-refractivity contribution in [2.75, 3.05) is 0 Å². The van der Waals surface area contributed by atoms with E-state index in [-0.39, 0.29) is 5.91 Å². The van der Waals surface area contributed by atoms with Crippen molar-refractivity contribution in [3.63, 3.8) is 0 Å². The summed E-state index contributed by atoms with van der Waals surface area (Å²) in [5.74, 6) is -0.166. The molecule has 0 saturated carbocycles. The first-order valence-corrected chi connectivity index (χ1v) is 8.52. The highest BCUT2D eigenvalue weighted by molar-refractivity contribution is 5.92. The number of carbonyl (C=O) groups is 1. The predicted octanol–water partition coefficient (Wildman–Crippen LogP) is 3.03. The molecule has 3 rings (SSSR count). The van der Waals surface area contributed by atoms with Gasteiger partial charge in [-0.2, -0.15) is 10.2 Å². The minimum absolute atomic E-state index is 0.166. The molecule has 1 N–H and O–H groups in total. The first kappa shape index (κ1) is 17.0. The van der Waals surface area contributed by atoms with Crippen LogP contribution in [0.3, 0.4) is 0 Å². The van der Waals surface area contributed by atoms with Crippen molar-refractivity contribution in [1.29, 1.82) is 0 Å². The Morgan fingerprint density at radius 3 is 2.60 bits per heavy atom. The van der Waals surface area contributed by atoms with Crippen molar-refractivity contribution >= 4 is 5.91 Å². The number of benzene rings is 1. The van der Waals surface area contributed by atoms with Crippen molar-refractivity contribution in [3.8, 4) is 5.69 Å². The molecule has 1 amide bonds. The molecule has 6 heteroatoms. The summed E-state index contributed by atoms with van der Waals surface area (Å²) in [7, 11) is 0. The zero-order chi connectivity index (χ0) is 17.8. The molecule has 130 valence electrons. The van der Waals surface area contributed by atoms with Crippen LogP contribution in [0.15, 0.2) is 42.6 Å². The molecule has 6 nitrogen and oxygen atoms in total. The van der Waals surface area contributed by atoms with Crippen molar-refractivity contribution < 1.29 is 4.79 Å². The van der Waals surface area contributed by atoms with Crippen LogP contribution in [0, 0.1) is 13.8 Å². The third-order valence-electron chi connectivity index (χ3n) is 4.19. The second kappa shape index (κ2) is 7.34. The van der Waals surface area contributed by atoms with Crippen LogP contribution in [-0.2, 0) is 13.1 Å². The average molecular weight is 337 g/mol. The maximum atomic E-state index is 12.3. The number of nitrogens with one attached hydrogen (secondary N) is 1. The number of para-hydroxylation sites is 1. The van der Waals surface area contributed by atoms with Gasteiger partial charge in [-0.05, 0) is 38.5 Å². The van der Waals surface area contributed by atoms with Gasteiger partial charge in [0.25, 0.3) is 5.91 Å². The van der Waals surface area contributed by atoms with E-state index in [0.29, 0.717) is 12.2 Å². The van der Waals surface area contributed by atoms with Crippen LogP contribution in [0.2, 0.25) is 0 Å². The Labute approximate surface area is 147 Å². The van der Waals surface area contributed by atoms with E-state index in [1.807, 2.05) is 55.1 Å². The van der Waals surface area contributed by atoms with E-state index < -0.39 is 0 Å². The van der Waals surface area contributed by atoms with Crippen LogP contribution in [0.25, 0.3) is 5.69 Å². The molecule has 0 aliphatic heterocycles. The normalized spacial score (nSPS) is 10.8. The van der Waals surface area contributed by atoms with Gasteiger partial charge in [0.2, 0.25) is 0 Å². The van der Waals surface area contributed by atoms with Gasteiger partial charge in [0.05, 0.1) is 11.4 Å². The van der Waals surface area contributed by atoms with Crippen LogP contribution in [0.1, 0.15) is 40.8 Å². The maximum Gasteiger partial charge on any atom is 0.272 e. The molecule has 0 fully saturated rings. The highest BCUT2D eigenvalue weighted by Gasteiger charge is 2.15. The van der Waals surface area contributed by atoms with Gasteiger partial charge >= 0.3 is 0 Å². The zero-order valence-corrected chi connectivity index (χ0v) is 14.9. The number of amides is 1. The van der Waals surface area contributed by atoms with Crippen LogP contribution in [-0.4, -0.2) is 25.5 Å². The van der Waals surface area contributed by atoms with E-state index in [9.17, 15) is 4.79 Å². The summed E-state index contributed by atoms with van der Waals surface area (Å²) >= 11 is 0. The van der Waals surface area contributed by atoms with E-state index in [1.54, 1.807) is 10.7 Å². The molecule has 2 aromatic heterocycles. The smallest absolute Gasteiger partial charge is 0.272 e. The first-order chi connectivity index (χ1) is 12.1. The van der Waals surface area contributed by atoms with Gasteiger partial charge in [-0.1, -0.05) is 25.1 Å². The Bertz CT molecular complexity index is 863. The van der Waals surface area contributed by atoms with Crippen LogP contribution < -0.4 is 5.32 Å². The molecular weight excluding hydrogens is 314 g/mol. The molecule has 0 unspecified atom stereocenters. The number of aryl methyl sites for hydroxylation is 2. The van der Waals surface area contributed by atoms with Gasteiger partial charge in [-0.25, -0.2) is 4.68 Å².